The van der Waals surface area contributed by atoms with Crippen LogP contribution >= 0.6 is 0 Å². The number of rotatable bonds is 9. The Labute approximate surface area is 222 Å². The molecule has 0 amide bonds. The third-order valence-electron chi connectivity index (χ3n) is 8.44. The largest absolute Gasteiger partial charge is 0.478 e. The van der Waals surface area contributed by atoms with Crippen LogP contribution in [0.5, 0.6) is 0 Å². The Balaban J connectivity index is 1.48. The van der Waals surface area contributed by atoms with Crippen molar-refractivity contribution in [1.29, 1.82) is 0 Å². The molecule has 2 aromatic heterocycles. The van der Waals surface area contributed by atoms with Gasteiger partial charge in [0.15, 0.2) is 5.65 Å². The number of aromatic amines is 1. The van der Waals surface area contributed by atoms with Crippen LogP contribution < -0.4 is 11.2 Å². The van der Waals surface area contributed by atoms with Crippen molar-refractivity contribution in [3.63, 3.8) is 0 Å². The number of nitrogens with zero attached hydrogens (tertiary/aromatic N) is 3. The molecule has 2 heterocycles. The fourth-order valence-electron chi connectivity index (χ4n) is 6.20. The van der Waals surface area contributed by atoms with Crippen LogP contribution in [0.1, 0.15) is 82.6 Å². The number of aromatic nitrogens is 4. The first-order valence-corrected chi connectivity index (χ1v) is 14.2. The lowest BCUT2D eigenvalue weighted by Gasteiger charge is -2.23. The van der Waals surface area contributed by atoms with Crippen molar-refractivity contribution in [3.05, 3.63) is 56.7 Å². The molecule has 0 aliphatic heterocycles. The SMILES string of the molecule is O=C(O)C=Cc1ccc(-c2nc3c([nH]2)c(=O)n(CCC2CCCCC2)c(=O)n3CCC2CCCCC2)cc1. The summed E-state index contributed by atoms with van der Waals surface area (Å²) < 4.78 is 3.15. The Hall–Kier alpha value is -3.42. The van der Waals surface area contributed by atoms with E-state index in [4.69, 9.17) is 10.1 Å². The predicted molar refractivity (Wildman–Crippen MR) is 149 cm³/mol. The normalized spacial score (nSPS) is 17.5. The molecule has 1 aromatic carbocycles. The molecule has 2 N–H and O–H groups in total. The molecule has 0 saturated heterocycles. The van der Waals surface area contributed by atoms with E-state index in [1.165, 1.54) is 74.9 Å². The summed E-state index contributed by atoms with van der Waals surface area (Å²) >= 11 is 0. The number of hydrogen-bond donors (Lipinski definition) is 2. The Kier molecular flexibility index (Phi) is 8.25. The van der Waals surface area contributed by atoms with Gasteiger partial charge in [0.2, 0.25) is 0 Å². The van der Waals surface area contributed by atoms with E-state index in [-0.39, 0.29) is 11.2 Å². The van der Waals surface area contributed by atoms with Crippen molar-refractivity contribution in [2.24, 2.45) is 11.8 Å². The minimum atomic E-state index is -1.00. The molecule has 3 aromatic rings. The topological polar surface area (TPSA) is 110 Å². The zero-order valence-electron chi connectivity index (χ0n) is 22.0. The Bertz CT molecular complexity index is 1400. The molecular formula is C30H38N4O4. The van der Waals surface area contributed by atoms with Gasteiger partial charge in [-0.1, -0.05) is 88.5 Å². The van der Waals surface area contributed by atoms with E-state index in [2.05, 4.69) is 4.98 Å². The van der Waals surface area contributed by atoms with Crippen molar-refractivity contribution in [2.45, 2.75) is 90.1 Å². The Morgan fingerprint density at radius 2 is 1.47 bits per heavy atom. The first kappa shape index (κ1) is 26.2. The lowest BCUT2D eigenvalue weighted by Crippen LogP contribution is -2.41. The van der Waals surface area contributed by atoms with E-state index in [0.717, 1.165) is 30.0 Å². The highest BCUT2D eigenvalue weighted by Gasteiger charge is 2.21. The number of carbonyl (C=O) groups is 1. The molecular weight excluding hydrogens is 480 g/mol. The van der Waals surface area contributed by atoms with Crippen LogP contribution in [0, 0.1) is 11.8 Å². The van der Waals surface area contributed by atoms with Crippen LogP contribution in [-0.2, 0) is 17.9 Å². The average molecular weight is 519 g/mol. The second kappa shape index (κ2) is 12.0. The van der Waals surface area contributed by atoms with E-state index < -0.39 is 5.97 Å². The molecule has 0 bridgehead atoms. The Morgan fingerprint density at radius 3 is 2.05 bits per heavy atom. The second-order valence-electron chi connectivity index (χ2n) is 11.1. The maximum Gasteiger partial charge on any atom is 0.332 e. The number of H-pyrrole nitrogens is 1. The molecule has 0 radical (unpaired) electrons. The molecule has 8 heteroatoms. The standard InChI is InChI=1S/C30H38N4O4/c35-25(36)16-13-23-11-14-24(15-12-23)27-31-26-28(32-27)33(19-17-21-7-3-1-4-8-21)30(38)34(29(26)37)20-18-22-9-5-2-6-10-22/h11-16,21-22H,1-10,17-20H2,(H,31,32)(H,35,36). The van der Waals surface area contributed by atoms with Gasteiger partial charge >= 0.3 is 11.7 Å². The van der Waals surface area contributed by atoms with Gasteiger partial charge in [0.1, 0.15) is 11.3 Å². The van der Waals surface area contributed by atoms with Gasteiger partial charge in [-0.15, -0.1) is 0 Å². The van der Waals surface area contributed by atoms with Gasteiger partial charge in [0.25, 0.3) is 5.56 Å². The van der Waals surface area contributed by atoms with Crippen LogP contribution in [0.2, 0.25) is 0 Å². The molecule has 2 aliphatic carbocycles. The van der Waals surface area contributed by atoms with Crippen LogP contribution in [0.15, 0.2) is 39.9 Å². The van der Waals surface area contributed by atoms with Gasteiger partial charge in [-0.3, -0.25) is 13.9 Å². The van der Waals surface area contributed by atoms with E-state index in [9.17, 15) is 14.4 Å². The highest BCUT2D eigenvalue weighted by atomic mass is 16.4. The monoisotopic (exact) mass is 518 g/mol. The van der Waals surface area contributed by atoms with E-state index in [1.807, 2.05) is 12.1 Å². The number of aryl methyl sites for hydroxylation is 1. The lowest BCUT2D eigenvalue weighted by molar-refractivity contribution is -0.131. The molecule has 8 nitrogen and oxygen atoms in total. The summed E-state index contributed by atoms with van der Waals surface area (Å²) in [5.74, 6) is 0.713. The summed E-state index contributed by atoms with van der Waals surface area (Å²) in [5, 5.41) is 8.86. The second-order valence-corrected chi connectivity index (χ2v) is 11.1. The molecule has 202 valence electrons. The van der Waals surface area contributed by atoms with Gasteiger partial charge in [0, 0.05) is 24.7 Å². The number of carboxylic acid groups (broad SMARTS) is 1. The highest BCUT2D eigenvalue weighted by Crippen LogP contribution is 2.28. The molecule has 0 atom stereocenters. The van der Waals surface area contributed by atoms with Crippen molar-refractivity contribution in [2.75, 3.05) is 0 Å². The van der Waals surface area contributed by atoms with Crippen molar-refractivity contribution in [1.82, 2.24) is 19.1 Å². The van der Waals surface area contributed by atoms with Gasteiger partial charge in [-0.25, -0.2) is 14.6 Å². The fourth-order valence-corrected chi connectivity index (χ4v) is 6.20. The minimum absolute atomic E-state index is 0.249. The van der Waals surface area contributed by atoms with Gasteiger partial charge < -0.3 is 10.1 Å². The summed E-state index contributed by atoms with van der Waals surface area (Å²) in [4.78, 5) is 46.0. The lowest BCUT2D eigenvalue weighted by atomic mass is 9.87. The maximum atomic E-state index is 13.7. The fraction of sp³-hybridized carbons (Fsp3) is 0.533. The van der Waals surface area contributed by atoms with Crippen molar-refractivity contribution < 1.29 is 9.90 Å². The van der Waals surface area contributed by atoms with Crippen molar-refractivity contribution in [3.8, 4) is 11.4 Å². The third kappa shape index (κ3) is 6.00. The summed E-state index contributed by atoms with van der Waals surface area (Å²) in [6.07, 6.45) is 16.7. The number of imidazole rings is 1. The number of benzene rings is 1. The zero-order valence-corrected chi connectivity index (χ0v) is 22.0. The summed E-state index contributed by atoms with van der Waals surface area (Å²) in [5.41, 5.74) is 1.78. The summed E-state index contributed by atoms with van der Waals surface area (Å²) in [6.45, 7) is 1.01. The Morgan fingerprint density at radius 1 is 0.895 bits per heavy atom. The van der Waals surface area contributed by atoms with Gasteiger partial charge in [-0.2, -0.15) is 0 Å². The molecule has 2 aliphatic rings. The predicted octanol–water partition coefficient (Wildman–Crippen LogP) is 5.59. The summed E-state index contributed by atoms with van der Waals surface area (Å²) in [7, 11) is 0. The van der Waals surface area contributed by atoms with Crippen LogP contribution in [0.3, 0.4) is 0 Å². The molecule has 0 spiro atoms. The maximum absolute atomic E-state index is 13.7. The summed E-state index contributed by atoms with van der Waals surface area (Å²) in [6, 6.07) is 7.29. The van der Waals surface area contributed by atoms with Gasteiger partial charge in [0.05, 0.1) is 0 Å². The van der Waals surface area contributed by atoms with E-state index >= 15 is 0 Å². The van der Waals surface area contributed by atoms with Crippen LogP contribution in [-0.4, -0.2) is 30.2 Å². The average Bonchev–Trinajstić information content (AvgIpc) is 3.39. The molecule has 38 heavy (non-hydrogen) atoms. The van der Waals surface area contributed by atoms with Crippen LogP contribution in [0.4, 0.5) is 0 Å². The molecule has 2 saturated carbocycles. The molecule has 2 fully saturated rings. The van der Waals surface area contributed by atoms with E-state index in [0.29, 0.717) is 41.9 Å². The molecule has 5 rings (SSSR count). The van der Waals surface area contributed by atoms with E-state index in [1.54, 1.807) is 16.7 Å². The molecule has 0 unspecified atom stereocenters. The highest BCUT2D eigenvalue weighted by molar-refractivity contribution is 5.85. The van der Waals surface area contributed by atoms with Crippen LogP contribution in [0.25, 0.3) is 28.6 Å². The third-order valence-corrected chi connectivity index (χ3v) is 8.44. The first-order valence-electron chi connectivity index (χ1n) is 14.2. The smallest absolute Gasteiger partial charge is 0.332 e. The van der Waals surface area contributed by atoms with Crippen molar-refractivity contribution >= 4 is 23.2 Å². The van der Waals surface area contributed by atoms with Gasteiger partial charge in [-0.05, 0) is 36.3 Å². The number of fused-ring (bicyclic) bond motifs is 1. The first-order chi connectivity index (χ1) is 18.5. The minimum Gasteiger partial charge on any atom is -0.478 e. The number of aliphatic carboxylic acids is 1. The number of hydrogen-bond acceptors (Lipinski definition) is 4. The number of carboxylic acids is 1. The quantitative estimate of drug-likeness (QED) is 0.359. The zero-order chi connectivity index (χ0) is 26.5. The number of nitrogens with one attached hydrogen (secondary N) is 1.